The van der Waals surface area contributed by atoms with Gasteiger partial charge in [0, 0.05) is 29.4 Å². The Morgan fingerprint density at radius 1 is 1.15 bits per heavy atom. The number of thioether (sulfide) groups is 1. The molecule has 5 rings (SSSR count). The smallest absolute Gasteiger partial charge is 0.271 e. The van der Waals surface area contributed by atoms with E-state index in [1.54, 1.807) is 43.0 Å². The summed E-state index contributed by atoms with van der Waals surface area (Å²) in [6, 6.07) is 10.9. The lowest BCUT2D eigenvalue weighted by Crippen LogP contribution is -2.53. The molecule has 2 fully saturated rings. The van der Waals surface area contributed by atoms with Crippen molar-refractivity contribution < 1.29 is 19.3 Å². The van der Waals surface area contributed by atoms with Gasteiger partial charge in [0.2, 0.25) is 17.7 Å². The summed E-state index contributed by atoms with van der Waals surface area (Å²) in [6.07, 6.45) is 2.56. The normalized spacial score (nSPS) is 27.8. The van der Waals surface area contributed by atoms with Gasteiger partial charge in [-0.2, -0.15) is 11.8 Å². The second-order valence-corrected chi connectivity index (χ2v) is 9.57. The van der Waals surface area contributed by atoms with Crippen LogP contribution in [0.1, 0.15) is 17.5 Å². The van der Waals surface area contributed by atoms with Crippen molar-refractivity contribution in [2.24, 2.45) is 11.8 Å². The van der Waals surface area contributed by atoms with Crippen LogP contribution in [-0.2, 0) is 19.9 Å². The minimum absolute atomic E-state index is 0.194. The Kier molecular flexibility index (Phi) is 5.02. The maximum Gasteiger partial charge on any atom is 0.271 e. The number of nitro benzene ring substituents is 1. The summed E-state index contributed by atoms with van der Waals surface area (Å²) < 4.78 is 0. The van der Waals surface area contributed by atoms with Gasteiger partial charge in [0.15, 0.2) is 0 Å². The lowest BCUT2D eigenvalue weighted by atomic mass is 9.76. The van der Waals surface area contributed by atoms with E-state index >= 15 is 0 Å². The number of carbonyl (C=O) groups is 3. The third kappa shape index (κ3) is 2.94. The van der Waals surface area contributed by atoms with E-state index in [1.165, 1.54) is 18.2 Å². The SMILES string of the molecule is CSCCC1NC2(C(=O)Nc3ccccc32)[C@@H]2C(=O)N(c3cc([N+](=O)[O-])ccc3C)C(=O)[C@H]12. The maximum atomic E-state index is 13.9. The summed E-state index contributed by atoms with van der Waals surface area (Å²) in [6.45, 7) is 1.70. The van der Waals surface area contributed by atoms with Crippen molar-refractivity contribution in [3.8, 4) is 0 Å². The number of fused-ring (bicyclic) bond motifs is 4. The molecular formula is C23H22N4O5S. The van der Waals surface area contributed by atoms with Crippen molar-refractivity contribution in [3.05, 3.63) is 63.7 Å². The van der Waals surface area contributed by atoms with E-state index in [9.17, 15) is 24.5 Å². The van der Waals surface area contributed by atoms with E-state index in [1.807, 2.05) is 6.26 Å². The summed E-state index contributed by atoms with van der Waals surface area (Å²) in [5, 5.41) is 17.6. The van der Waals surface area contributed by atoms with Gasteiger partial charge in [-0.15, -0.1) is 0 Å². The predicted octanol–water partition coefficient (Wildman–Crippen LogP) is 2.58. The molecule has 4 atom stereocenters. The van der Waals surface area contributed by atoms with Crippen LogP contribution in [-0.4, -0.2) is 40.7 Å². The van der Waals surface area contributed by atoms with Crippen LogP contribution in [0, 0.1) is 28.9 Å². The largest absolute Gasteiger partial charge is 0.324 e. The molecule has 0 saturated carbocycles. The molecule has 3 aliphatic rings. The fraction of sp³-hybridized carbons (Fsp3) is 0.348. The first-order chi connectivity index (χ1) is 15.8. The molecule has 9 nitrogen and oxygen atoms in total. The Labute approximate surface area is 194 Å². The van der Waals surface area contributed by atoms with Crippen molar-refractivity contribution in [1.82, 2.24) is 5.32 Å². The number of nitro groups is 1. The minimum atomic E-state index is -1.36. The molecule has 1 spiro atoms. The zero-order chi connectivity index (χ0) is 23.5. The Hall–Kier alpha value is -3.24. The van der Waals surface area contributed by atoms with E-state index in [2.05, 4.69) is 10.6 Å². The van der Waals surface area contributed by atoms with Gasteiger partial charge in [0.25, 0.3) is 5.69 Å². The van der Waals surface area contributed by atoms with Crippen molar-refractivity contribution in [2.45, 2.75) is 24.9 Å². The third-order valence-corrected chi connectivity index (χ3v) is 7.54. The number of hydrogen-bond donors (Lipinski definition) is 2. The quantitative estimate of drug-likeness (QED) is 0.395. The highest BCUT2D eigenvalue weighted by atomic mass is 32.2. The van der Waals surface area contributed by atoms with Crippen molar-refractivity contribution in [2.75, 3.05) is 22.2 Å². The molecule has 0 aromatic heterocycles. The monoisotopic (exact) mass is 466 g/mol. The summed E-state index contributed by atoms with van der Waals surface area (Å²) in [7, 11) is 0. The fourth-order valence-corrected chi connectivity index (χ4v) is 5.93. The lowest BCUT2D eigenvalue weighted by molar-refractivity contribution is -0.384. The molecule has 0 aliphatic carbocycles. The number of anilines is 2. The van der Waals surface area contributed by atoms with Gasteiger partial charge in [-0.25, -0.2) is 4.90 Å². The first kappa shape index (κ1) is 21.6. The number of nitrogens with one attached hydrogen (secondary N) is 2. The zero-order valence-corrected chi connectivity index (χ0v) is 18.8. The molecule has 2 aromatic carbocycles. The third-order valence-electron chi connectivity index (χ3n) is 6.90. The lowest BCUT2D eigenvalue weighted by Gasteiger charge is -2.29. The second kappa shape index (κ2) is 7.67. The van der Waals surface area contributed by atoms with E-state index in [0.717, 1.165) is 10.7 Å². The molecule has 2 aromatic rings. The molecule has 3 aliphatic heterocycles. The number of imide groups is 1. The number of amides is 3. The number of carbonyl (C=O) groups excluding carboxylic acids is 3. The summed E-state index contributed by atoms with van der Waals surface area (Å²) in [5.41, 5.74) is 0.463. The van der Waals surface area contributed by atoms with Crippen LogP contribution in [0.25, 0.3) is 0 Å². The molecular weight excluding hydrogens is 444 g/mol. The predicted molar refractivity (Wildman–Crippen MR) is 124 cm³/mol. The van der Waals surface area contributed by atoms with E-state index in [0.29, 0.717) is 23.2 Å². The van der Waals surface area contributed by atoms with E-state index < -0.39 is 34.1 Å². The number of nitrogens with zero attached hydrogens (tertiary/aromatic N) is 2. The molecule has 0 bridgehead atoms. The van der Waals surface area contributed by atoms with Gasteiger partial charge < -0.3 is 5.32 Å². The molecule has 3 amide bonds. The Morgan fingerprint density at radius 3 is 2.64 bits per heavy atom. The maximum absolute atomic E-state index is 13.9. The Balaban J connectivity index is 1.66. The number of hydrogen-bond acceptors (Lipinski definition) is 7. The molecule has 3 heterocycles. The first-order valence-electron chi connectivity index (χ1n) is 10.6. The molecule has 10 heteroatoms. The van der Waals surface area contributed by atoms with Gasteiger partial charge in [0.05, 0.1) is 22.4 Å². The van der Waals surface area contributed by atoms with E-state index in [4.69, 9.17) is 0 Å². The summed E-state index contributed by atoms with van der Waals surface area (Å²) in [4.78, 5) is 52.8. The highest BCUT2D eigenvalue weighted by molar-refractivity contribution is 7.98. The number of para-hydroxylation sites is 1. The van der Waals surface area contributed by atoms with Crippen LogP contribution in [0.5, 0.6) is 0 Å². The summed E-state index contributed by atoms with van der Waals surface area (Å²) >= 11 is 1.62. The number of rotatable bonds is 5. The molecule has 2 N–H and O–H groups in total. The van der Waals surface area contributed by atoms with Crippen molar-refractivity contribution in [1.29, 1.82) is 0 Å². The average molecular weight is 467 g/mol. The fourth-order valence-electron chi connectivity index (χ4n) is 5.44. The minimum Gasteiger partial charge on any atom is -0.324 e. The van der Waals surface area contributed by atoms with Crippen LogP contribution < -0.4 is 15.5 Å². The summed E-state index contributed by atoms with van der Waals surface area (Å²) in [5.74, 6) is -2.25. The van der Waals surface area contributed by atoms with Gasteiger partial charge in [-0.05, 0) is 37.0 Å². The van der Waals surface area contributed by atoms with Gasteiger partial charge in [-0.1, -0.05) is 24.3 Å². The van der Waals surface area contributed by atoms with Gasteiger partial charge in [0.1, 0.15) is 5.54 Å². The Morgan fingerprint density at radius 2 is 1.91 bits per heavy atom. The number of non-ortho nitro benzene ring substituents is 1. The highest BCUT2D eigenvalue weighted by Crippen LogP contribution is 2.54. The first-order valence-corrected chi connectivity index (χ1v) is 12.0. The van der Waals surface area contributed by atoms with Gasteiger partial charge in [-0.3, -0.25) is 29.8 Å². The van der Waals surface area contributed by atoms with Gasteiger partial charge >= 0.3 is 0 Å². The van der Waals surface area contributed by atoms with Crippen LogP contribution in [0.15, 0.2) is 42.5 Å². The van der Waals surface area contributed by atoms with Crippen LogP contribution in [0.3, 0.4) is 0 Å². The van der Waals surface area contributed by atoms with Crippen LogP contribution in [0.4, 0.5) is 17.1 Å². The second-order valence-electron chi connectivity index (χ2n) is 8.58. The van der Waals surface area contributed by atoms with Crippen molar-refractivity contribution >= 4 is 46.5 Å². The highest BCUT2D eigenvalue weighted by Gasteiger charge is 2.70. The molecule has 0 radical (unpaired) electrons. The topological polar surface area (TPSA) is 122 Å². The Bertz CT molecular complexity index is 1220. The number of aryl methyl sites for hydroxylation is 1. The molecule has 2 unspecified atom stereocenters. The standard InChI is InChI=1S/C23H22N4O5S/c1-12-7-8-13(27(31)32)11-17(12)26-20(28)18-16(9-10-33-2)25-23(19(18)21(26)29)14-5-3-4-6-15(14)24-22(23)30/h3-8,11,16,18-19,25H,9-10H2,1-2H3,(H,24,30)/t16?,18-,19+,23?/m1/s1. The van der Waals surface area contributed by atoms with Crippen LogP contribution >= 0.6 is 11.8 Å². The van der Waals surface area contributed by atoms with Crippen LogP contribution in [0.2, 0.25) is 0 Å². The molecule has 170 valence electrons. The zero-order valence-electron chi connectivity index (χ0n) is 18.0. The number of benzene rings is 2. The molecule has 2 saturated heterocycles. The van der Waals surface area contributed by atoms with Crippen molar-refractivity contribution in [3.63, 3.8) is 0 Å². The van der Waals surface area contributed by atoms with E-state index in [-0.39, 0.29) is 23.3 Å². The molecule has 33 heavy (non-hydrogen) atoms. The average Bonchev–Trinajstić information content (AvgIpc) is 3.37.